The normalized spacial score (nSPS) is 11.4. The summed E-state index contributed by atoms with van der Waals surface area (Å²) in [6.45, 7) is -2.87. The maximum absolute atomic E-state index is 12.0. The topological polar surface area (TPSA) is 112 Å². The Morgan fingerprint density at radius 1 is 1.28 bits per heavy atom. The molecule has 6 nitrogen and oxygen atoms in total. The minimum Gasteiger partial charge on any atom is -0.435 e. The third-order valence-electron chi connectivity index (χ3n) is 1.62. The van der Waals surface area contributed by atoms with Gasteiger partial charge in [0, 0.05) is 3.57 Å². The fourth-order valence-electron chi connectivity index (χ4n) is 1.04. The molecule has 9 heteroatoms. The van der Waals surface area contributed by atoms with E-state index >= 15 is 0 Å². The Morgan fingerprint density at radius 2 is 1.94 bits per heavy atom. The van der Waals surface area contributed by atoms with Gasteiger partial charge in [-0.25, -0.2) is 4.99 Å². The highest BCUT2D eigenvalue weighted by Gasteiger charge is 2.07. The molecule has 0 spiro atoms. The number of aliphatic imine (C=N–C) groups is 2. The predicted octanol–water partition coefficient (Wildman–Crippen LogP) is 1.11. The van der Waals surface area contributed by atoms with Crippen LogP contribution in [0.4, 0.5) is 14.5 Å². The number of nitrogens with zero attached hydrogens (tertiary/aromatic N) is 2. The van der Waals surface area contributed by atoms with E-state index in [0.29, 0.717) is 9.26 Å². The van der Waals surface area contributed by atoms with Crippen molar-refractivity contribution in [2.24, 2.45) is 27.2 Å². The van der Waals surface area contributed by atoms with E-state index in [9.17, 15) is 8.78 Å². The zero-order chi connectivity index (χ0) is 13.7. The van der Waals surface area contributed by atoms with Gasteiger partial charge in [0.2, 0.25) is 5.96 Å². The van der Waals surface area contributed by atoms with Crippen LogP contribution in [-0.2, 0) is 0 Å². The van der Waals surface area contributed by atoms with Gasteiger partial charge in [0.1, 0.15) is 5.75 Å². The van der Waals surface area contributed by atoms with Crippen LogP contribution in [0.15, 0.2) is 28.2 Å². The molecule has 0 fully saturated rings. The fraction of sp³-hybridized carbons (Fsp3) is 0.111. The molecule has 98 valence electrons. The third kappa shape index (κ3) is 4.69. The van der Waals surface area contributed by atoms with Gasteiger partial charge in [0.05, 0.1) is 5.69 Å². The highest BCUT2D eigenvalue weighted by molar-refractivity contribution is 14.1. The number of halogens is 3. The van der Waals surface area contributed by atoms with Gasteiger partial charge >= 0.3 is 6.61 Å². The average molecular weight is 369 g/mol. The Hall–Kier alpha value is -1.65. The molecule has 1 rings (SSSR count). The van der Waals surface area contributed by atoms with Crippen LogP contribution in [-0.4, -0.2) is 18.5 Å². The molecule has 18 heavy (non-hydrogen) atoms. The summed E-state index contributed by atoms with van der Waals surface area (Å²) < 4.78 is 28.8. The van der Waals surface area contributed by atoms with E-state index in [1.165, 1.54) is 18.2 Å². The number of hydrogen-bond donors (Lipinski definition) is 3. The summed E-state index contributed by atoms with van der Waals surface area (Å²) in [4.78, 5) is 7.45. The van der Waals surface area contributed by atoms with Gasteiger partial charge in [-0.15, -0.1) is 0 Å². The second-order valence-corrected chi connectivity index (χ2v) is 4.16. The first-order chi connectivity index (χ1) is 8.38. The summed E-state index contributed by atoms with van der Waals surface area (Å²) in [5.41, 5.74) is 16.1. The van der Waals surface area contributed by atoms with Gasteiger partial charge in [-0.3, -0.25) is 0 Å². The Kier molecular flexibility index (Phi) is 5.07. The molecule has 0 aliphatic carbocycles. The zero-order valence-corrected chi connectivity index (χ0v) is 11.1. The lowest BCUT2D eigenvalue weighted by Crippen LogP contribution is -2.26. The average Bonchev–Trinajstić information content (AvgIpc) is 2.20. The van der Waals surface area contributed by atoms with Crippen LogP contribution in [0.25, 0.3) is 0 Å². The molecule has 0 atom stereocenters. The smallest absolute Gasteiger partial charge is 0.387 e. The fourth-order valence-corrected chi connectivity index (χ4v) is 1.64. The van der Waals surface area contributed by atoms with Crippen molar-refractivity contribution in [3.8, 4) is 5.75 Å². The van der Waals surface area contributed by atoms with E-state index in [0.717, 1.165) is 0 Å². The molecule has 0 saturated heterocycles. The quantitative estimate of drug-likeness (QED) is 0.421. The molecule has 0 aliphatic heterocycles. The number of ether oxygens (including phenoxy) is 1. The minimum atomic E-state index is -2.87. The second-order valence-electron chi connectivity index (χ2n) is 3.00. The first-order valence-corrected chi connectivity index (χ1v) is 5.64. The molecule has 0 aliphatic rings. The number of hydrogen-bond acceptors (Lipinski definition) is 2. The Balaban J connectivity index is 2.96. The van der Waals surface area contributed by atoms with E-state index in [1.807, 2.05) is 22.6 Å². The van der Waals surface area contributed by atoms with Crippen LogP contribution in [0.1, 0.15) is 0 Å². The molecule has 0 unspecified atom stereocenters. The standard InChI is InChI=1S/C9H10F2IN5O/c10-7(11)18-4-1-2-6(5(12)3-4)16-9(15)17-8(13)14/h1-3,7H,(H6,13,14,15,16,17). The summed E-state index contributed by atoms with van der Waals surface area (Å²) in [7, 11) is 0. The molecule has 1 aromatic rings. The molecule has 1 aromatic carbocycles. The van der Waals surface area contributed by atoms with Crippen LogP contribution in [0, 0.1) is 3.57 Å². The first kappa shape index (κ1) is 14.4. The summed E-state index contributed by atoms with van der Waals surface area (Å²) in [5, 5.41) is 0. The maximum atomic E-state index is 12.0. The van der Waals surface area contributed by atoms with Crippen molar-refractivity contribution >= 4 is 40.2 Å². The molecule has 0 radical (unpaired) electrons. The zero-order valence-electron chi connectivity index (χ0n) is 8.98. The largest absolute Gasteiger partial charge is 0.435 e. The maximum Gasteiger partial charge on any atom is 0.387 e. The Bertz CT molecular complexity index is 488. The van der Waals surface area contributed by atoms with Crippen molar-refractivity contribution in [2.45, 2.75) is 6.61 Å². The lowest BCUT2D eigenvalue weighted by molar-refractivity contribution is -0.0498. The highest BCUT2D eigenvalue weighted by atomic mass is 127. The number of nitrogens with two attached hydrogens (primary N) is 3. The first-order valence-electron chi connectivity index (χ1n) is 4.56. The SMILES string of the molecule is NC(N)=NC(N)=Nc1ccc(OC(F)F)cc1I. The van der Waals surface area contributed by atoms with Crippen molar-refractivity contribution in [2.75, 3.05) is 0 Å². The Morgan fingerprint density at radius 3 is 2.44 bits per heavy atom. The van der Waals surface area contributed by atoms with Crippen molar-refractivity contribution in [1.29, 1.82) is 0 Å². The minimum absolute atomic E-state index is 0.0359. The Labute approximate surface area is 115 Å². The number of alkyl halides is 2. The molecule has 6 N–H and O–H groups in total. The van der Waals surface area contributed by atoms with E-state index in [1.54, 1.807) is 0 Å². The van der Waals surface area contributed by atoms with Crippen LogP contribution in [0.2, 0.25) is 0 Å². The van der Waals surface area contributed by atoms with Crippen molar-refractivity contribution < 1.29 is 13.5 Å². The molecular weight excluding hydrogens is 359 g/mol. The lowest BCUT2D eigenvalue weighted by atomic mass is 10.3. The van der Waals surface area contributed by atoms with E-state index in [4.69, 9.17) is 17.2 Å². The third-order valence-corrected chi connectivity index (χ3v) is 2.49. The predicted molar refractivity (Wildman–Crippen MR) is 72.9 cm³/mol. The van der Waals surface area contributed by atoms with Gasteiger partial charge in [0.15, 0.2) is 5.96 Å². The van der Waals surface area contributed by atoms with Crippen LogP contribution in [0.3, 0.4) is 0 Å². The van der Waals surface area contributed by atoms with Crippen molar-refractivity contribution in [1.82, 2.24) is 0 Å². The van der Waals surface area contributed by atoms with Gasteiger partial charge in [-0.2, -0.15) is 13.8 Å². The summed E-state index contributed by atoms with van der Waals surface area (Å²) >= 11 is 1.90. The number of rotatable bonds is 3. The lowest BCUT2D eigenvalue weighted by Gasteiger charge is -2.06. The molecule has 0 bridgehead atoms. The molecule has 0 heterocycles. The molecule has 0 aromatic heterocycles. The van der Waals surface area contributed by atoms with Crippen LogP contribution >= 0.6 is 22.6 Å². The summed E-state index contributed by atoms with van der Waals surface area (Å²) in [5.74, 6) is -0.312. The monoisotopic (exact) mass is 369 g/mol. The van der Waals surface area contributed by atoms with E-state index in [2.05, 4.69) is 14.7 Å². The summed E-state index contributed by atoms with van der Waals surface area (Å²) in [6, 6.07) is 4.21. The van der Waals surface area contributed by atoms with E-state index < -0.39 is 6.61 Å². The number of guanidine groups is 2. The van der Waals surface area contributed by atoms with Crippen molar-refractivity contribution in [3.63, 3.8) is 0 Å². The van der Waals surface area contributed by atoms with Crippen LogP contribution in [0.5, 0.6) is 5.75 Å². The van der Waals surface area contributed by atoms with E-state index in [-0.39, 0.29) is 17.7 Å². The molecular formula is C9H10F2IN5O. The van der Waals surface area contributed by atoms with Gasteiger partial charge in [0.25, 0.3) is 0 Å². The summed E-state index contributed by atoms with van der Waals surface area (Å²) in [6.07, 6.45) is 0. The molecule has 0 amide bonds. The van der Waals surface area contributed by atoms with Gasteiger partial charge < -0.3 is 21.9 Å². The van der Waals surface area contributed by atoms with Gasteiger partial charge in [-0.1, -0.05) is 0 Å². The molecule has 0 saturated carbocycles. The highest BCUT2D eigenvalue weighted by Crippen LogP contribution is 2.26. The van der Waals surface area contributed by atoms with Gasteiger partial charge in [-0.05, 0) is 40.8 Å². The van der Waals surface area contributed by atoms with Crippen molar-refractivity contribution in [3.05, 3.63) is 21.8 Å². The second kappa shape index (κ2) is 6.33. The van der Waals surface area contributed by atoms with Crippen LogP contribution < -0.4 is 21.9 Å². The number of benzene rings is 1.